The first-order valence-electron chi connectivity index (χ1n) is 8.38. The van der Waals surface area contributed by atoms with Crippen LogP contribution in [0.1, 0.15) is 16.7 Å². The molecule has 0 saturated carbocycles. The summed E-state index contributed by atoms with van der Waals surface area (Å²) in [7, 11) is 1.98. The molecule has 2 amide bonds. The fourth-order valence-electron chi connectivity index (χ4n) is 3.26. The van der Waals surface area contributed by atoms with Crippen molar-refractivity contribution < 1.29 is 9.59 Å². The minimum Gasteiger partial charge on any atom is -0.350 e. The normalized spacial score (nSPS) is 16.2. The predicted molar refractivity (Wildman–Crippen MR) is 106 cm³/mol. The number of amides is 2. The molecular weight excluding hydrogens is 344 g/mol. The summed E-state index contributed by atoms with van der Waals surface area (Å²) in [5, 5.41) is 0.850. The van der Waals surface area contributed by atoms with Gasteiger partial charge in [0.1, 0.15) is 0 Å². The molecule has 4 nitrogen and oxygen atoms in total. The SMILES string of the molecule is Cc1cccc(CN2C(=O)S/C(=C/c3cn(C)c4ccccc34)C2=O)c1. The van der Waals surface area contributed by atoms with Gasteiger partial charge < -0.3 is 4.57 Å². The van der Waals surface area contributed by atoms with Gasteiger partial charge in [-0.25, -0.2) is 0 Å². The number of benzene rings is 2. The molecule has 130 valence electrons. The molecule has 5 heteroatoms. The van der Waals surface area contributed by atoms with Crippen LogP contribution in [0.5, 0.6) is 0 Å². The van der Waals surface area contributed by atoms with Crippen molar-refractivity contribution in [1.29, 1.82) is 0 Å². The lowest BCUT2D eigenvalue weighted by molar-refractivity contribution is -0.123. The van der Waals surface area contributed by atoms with Crippen LogP contribution in [-0.4, -0.2) is 20.6 Å². The Kier molecular flexibility index (Phi) is 4.17. The molecule has 1 saturated heterocycles. The fourth-order valence-corrected chi connectivity index (χ4v) is 4.09. The van der Waals surface area contributed by atoms with Crippen molar-refractivity contribution in [3.05, 3.63) is 76.3 Å². The van der Waals surface area contributed by atoms with Crippen molar-refractivity contribution in [2.75, 3.05) is 0 Å². The Balaban J connectivity index is 1.65. The van der Waals surface area contributed by atoms with Crippen LogP contribution < -0.4 is 0 Å². The second-order valence-corrected chi connectivity index (χ2v) is 7.46. The van der Waals surface area contributed by atoms with Crippen LogP contribution in [0.3, 0.4) is 0 Å². The summed E-state index contributed by atoms with van der Waals surface area (Å²) in [6.45, 7) is 2.30. The number of imide groups is 1. The van der Waals surface area contributed by atoms with Crippen LogP contribution >= 0.6 is 11.8 Å². The number of aryl methyl sites for hydroxylation is 2. The van der Waals surface area contributed by atoms with Gasteiger partial charge in [0.05, 0.1) is 11.4 Å². The number of nitrogens with zero attached hydrogens (tertiary/aromatic N) is 2. The second-order valence-electron chi connectivity index (χ2n) is 6.47. The highest BCUT2D eigenvalue weighted by Gasteiger charge is 2.35. The lowest BCUT2D eigenvalue weighted by Crippen LogP contribution is -2.27. The van der Waals surface area contributed by atoms with Crippen molar-refractivity contribution in [2.24, 2.45) is 7.05 Å². The Hall–Kier alpha value is -2.79. The zero-order chi connectivity index (χ0) is 18.3. The number of para-hydroxylation sites is 1. The summed E-state index contributed by atoms with van der Waals surface area (Å²) < 4.78 is 2.03. The van der Waals surface area contributed by atoms with Crippen molar-refractivity contribution in [3.63, 3.8) is 0 Å². The molecule has 2 heterocycles. The van der Waals surface area contributed by atoms with E-state index in [1.165, 1.54) is 4.90 Å². The molecule has 0 aliphatic carbocycles. The first kappa shape index (κ1) is 16.7. The number of thioether (sulfide) groups is 1. The van der Waals surface area contributed by atoms with E-state index in [0.717, 1.165) is 39.4 Å². The molecule has 1 fully saturated rings. The first-order chi connectivity index (χ1) is 12.5. The van der Waals surface area contributed by atoms with Gasteiger partial charge in [-0.05, 0) is 36.4 Å². The maximum Gasteiger partial charge on any atom is 0.293 e. The van der Waals surface area contributed by atoms with Gasteiger partial charge in [-0.2, -0.15) is 0 Å². The maximum atomic E-state index is 12.8. The van der Waals surface area contributed by atoms with Gasteiger partial charge >= 0.3 is 0 Å². The molecule has 1 aromatic heterocycles. The zero-order valence-electron chi connectivity index (χ0n) is 14.6. The molecule has 2 aromatic carbocycles. The molecule has 1 aliphatic rings. The number of rotatable bonds is 3. The monoisotopic (exact) mass is 362 g/mol. The van der Waals surface area contributed by atoms with Gasteiger partial charge in [0.15, 0.2) is 0 Å². The van der Waals surface area contributed by atoms with E-state index in [9.17, 15) is 9.59 Å². The highest BCUT2D eigenvalue weighted by molar-refractivity contribution is 8.18. The van der Waals surface area contributed by atoms with Crippen molar-refractivity contribution in [1.82, 2.24) is 9.47 Å². The van der Waals surface area contributed by atoms with Gasteiger partial charge in [-0.3, -0.25) is 14.5 Å². The smallest absolute Gasteiger partial charge is 0.293 e. The van der Waals surface area contributed by atoms with E-state index in [0.29, 0.717) is 11.4 Å². The highest BCUT2D eigenvalue weighted by Crippen LogP contribution is 2.34. The minimum absolute atomic E-state index is 0.219. The topological polar surface area (TPSA) is 42.3 Å². The molecule has 1 aliphatic heterocycles. The molecule has 26 heavy (non-hydrogen) atoms. The molecular formula is C21H18N2O2S. The third-order valence-electron chi connectivity index (χ3n) is 4.51. The van der Waals surface area contributed by atoms with Gasteiger partial charge in [0.2, 0.25) is 0 Å². The Morgan fingerprint density at radius 3 is 2.69 bits per heavy atom. The fraction of sp³-hybridized carbons (Fsp3) is 0.143. The van der Waals surface area contributed by atoms with Crippen LogP contribution in [0, 0.1) is 6.92 Å². The molecule has 0 radical (unpaired) electrons. The highest BCUT2D eigenvalue weighted by atomic mass is 32.2. The molecule has 0 spiro atoms. The minimum atomic E-state index is -0.227. The average molecular weight is 362 g/mol. The van der Waals surface area contributed by atoms with Gasteiger partial charge in [0, 0.05) is 29.7 Å². The van der Waals surface area contributed by atoms with Crippen molar-refractivity contribution in [3.8, 4) is 0 Å². The predicted octanol–water partition coefficient (Wildman–Crippen LogP) is 4.72. The number of aromatic nitrogens is 1. The third-order valence-corrected chi connectivity index (χ3v) is 5.42. The summed E-state index contributed by atoms with van der Waals surface area (Å²) in [6, 6.07) is 15.9. The first-order valence-corrected chi connectivity index (χ1v) is 9.19. The van der Waals surface area contributed by atoms with Crippen LogP contribution in [-0.2, 0) is 18.4 Å². The lowest BCUT2D eigenvalue weighted by Gasteiger charge is -2.12. The number of hydrogen-bond donors (Lipinski definition) is 0. The van der Waals surface area contributed by atoms with Gasteiger partial charge in [0.25, 0.3) is 11.1 Å². The standard InChI is InChI=1S/C21H18N2O2S/c1-14-6-5-7-15(10-14)12-23-20(24)19(26-21(23)25)11-16-13-22(2)18-9-4-3-8-17(16)18/h3-11,13H,12H2,1-2H3/b19-11+. The molecule has 3 aromatic rings. The van der Waals surface area contributed by atoms with E-state index in [1.807, 2.05) is 79.3 Å². The molecule has 0 unspecified atom stereocenters. The van der Waals surface area contributed by atoms with Crippen molar-refractivity contribution >= 4 is 39.9 Å². The molecule has 0 atom stereocenters. The Morgan fingerprint density at radius 2 is 1.88 bits per heavy atom. The largest absolute Gasteiger partial charge is 0.350 e. The molecule has 0 bridgehead atoms. The summed E-state index contributed by atoms with van der Waals surface area (Å²) in [6.07, 6.45) is 3.81. The Labute approximate surface area is 156 Å². The Bertz CT molecular complexity index is 1060. The Morgan fingerprint density at radius 1 is 1.08 bits per heavy atom. The maximum absolute atomic E-state index is 12.8. The second kappa shape index (κ2) is 6.50. The molecule has 4 rings (SSSR count). The van der Waals surface area contributed by atoms with Crippen LogP contribution in [0.15, 0.2) is 59.6 Å². The lowest BCUT2D eigenvalue weighted by atomic mass is 10.1. The van der Waals surface area contributed by atoms with Gasteiger partial charge in [-0.15, -0.1) is 0 Å². The number of carbonyl (C=O) groups is 2. The van der Waals surface area contributed by atoms with E-state index in [-0.39, 0.29) is 11.1 Å². The van der Waals surface area contributed by atoms with Gasteiger partial charge in [-0.1, -0.05) is 48.0 Å². The molecule has 0 N–H and O–H groups in total. The van der Waals surface area contributed by atoms with E-state index in [2.05, 4.69) is 0 Å². The number of hydrogen-bond acceptors (Lipinski definition) is 3. The number of carbonyl (C=O) groups excluding carboxylic acids is 2. The quantitative estimate of drug-likeness (QED) is 0.633. The summed E-state index contributed by atoms with van der Waals surface area (Å²) in [5.41, 5.74) is 4.11. The van der Waals surface area contributed by atoms with E-state index in [1.54, 1.807) is 0 Å². The van der Waals surface area contributed by atoms with E-state index >= 15 is 0 Å². The van der Waals surface area contributed by atoms with E-state index in [4.69, 9.17) is 0 Å². The zero-order valence-corrected chi connectivity index (χ0v) is 15.4. The van der Waals surface area contributed by atoms with Crippen LogP contribution in [0.25, 0.3) is 17.0 Å². The van der Waals surface area contributed by atoms with Crippen LogP contribution in [0.4, 0.5) is 4.79 Å². The summed E-state index contributed by atoms with van der Waals surface area (Å²) >= 11 is 1.01. The van der Waals surface area contributed by atoms with Crippen LogP contribution in [0.2, 0.25) is 0 Å². The summed E-state index contributed by atoms with van der Waals surface area (Å²) in [4.78, 5) is 26.9. The van der Waals surface area contributed by atoms with Crippen molar-refractivity contribution in [2.45, 2.75) is 13.5 Å². The summed E-state index contributed by atoms with van der Waals surface area (Å²) in [5.74, 6) is -0.227. The van der Waals surface area contributed by atoms with E-state index < -0.39 is 0 Å². The average Bonchev–Trinajstić information content (AvgIpc) is 3.07. The number of fused-ring (bicyclic) bond motifs is 1. The third kappa shape index (κ3) is 2.95.